The molecule has 6 heteroatoms. The first-order valence-corrected chi connectivity index (χ1v) is 5.94. The van der Waals surface area contributed by atoms with Gasteiger partial charge >= 0.3 is 0 Å². The summed E-state index contributed by atoms with van der Waals surface area (Å²) in [6, 6.07) is 0. The van der Waals surface area contributed by atoms with Gasteiger partial charge in [0.15, 0.2) is 0 Å². The Hall–Kier alpha value is -1.17. The summed E-state index contributed by atoms with van der Waals surface area (Å²) in [7, 11) is 0. The zero-order chi connectivity index (χ0) is 10.7. The standard InChI is InChI=1S/C9H14N4OS/c10-9-13-12-8(15-9)7(14)11-5-6-3-1-2-4-6/h6H,1-5H2,(H2,10,13)(H,11,14). The van der Waals surface area contributed by atoms with E-state index in [1.165, 1.54) is 25.7 Å². The van der Waals surface area contributed by atoms with Crippen LogP contribution in [0.5, 0.6) is 0 Å². The first kappa shape index (κ1) is 10.4. The molecule has 82 valence electrons. The van der Waals surface area contributed by atoms with Crippen LogP contribution in [0.15, 0.2) is 0 Å². The van der Waals surface area contributed by atoms with Gasteiger partial charge in [-0.3, -0.25) is 4.79 Å². The number of aromatic nitrogens is 2. The zero-order valence-corrected chi connectivity index (χ0v) is 9.22. The van der Waals surface area contributed by atoms with Crippen molar-refractivity contribution < 1.29 is 4.79 Å². The smallest absolute Gasteiger partial charge is 0.282 e. The van der Waals surface area contributed by atoms with Crippen molar-refractivity contribution in [2.24, 2.45) is 5.92 Å². The molecule has 2 rings (SSSR count). The van der Waals surface area contributed by atoms with Gasteiger partial charge in [-0.05, 0) is 18.8 Å². The fraction of sp³-hybridized carbons (Fsp3) is 0.667. The number of nitrogen functional groups attached to an aromatic ring is 1. The van der Waals surface area contributed by atoms with E-state index in [1.807, 2.05) is 0 Å². The number of carbonyl (C=O) groups is 1. The van der Waals surface area contributed by atoms with Crippen LogP contribution in [0.4, 0.5) is 5.13 Å². The molecule has 3 N–H and O–H groups in total. The van der Waals surface area contributed by atoms with Crippen LogP contribution in [-0.4, -0.2) is 22.6 Å². The molecule has 5 nitrogen and oxygen atoms in total. The van der Waals surface area contributed by atoms with Gasteiger partial charge in [-0.25, -0.2) is 0 Å². The minimum atomic E-state index is -0.156. The van der Waals surface area contributed by atoms with Gasteiger partial charge in [0.05, 0.1) is 0 Å². The van der Waals surface area contributed by atoms with Crippen molar-refractivity contribution in [1.29, 1.82) is 0 Å². The van der Waals surface area contributed by atoms with Crippen molar-refractivity contribution >= 4 is 22.4 Å². The Bertz CT molecular complexity index is 346. The average Bonchev–Trinajstić information content (AvgIpc) is 2.84. The van der Waals surface area contributed by atoms with Gasteiger partial charge in [0.2, 0.25) is 10.1 Å². The molecule has 0 radical (unpaired) electrons. The Morgan fingerprint density at radius 3 is 2.80 bits per heavy atom. The van der Waals surface area contributed by atoms with Crippen molar-refractivity contribution in [1.82, 2.24) is 15.5 Å². The highest BCUT2D eigenvalue weighted by atomic mass is 32.1. The summed E-state index contributed by atoms with van der Waals surface area (Å²) < 4.78 is 0. The third-order valence-electron chi connectivity index (χ3n) is 2.66. The number of anilines is 1. The second-order valence-corrected chi connectivity index (χ2v) is 4.82. The molecule has 0 bridgehead atoms. The van der Waals surface area contributed by atoms with Gasteiger partial charge < -0.3 is 11.1 Å². The minimum absolute atomic E-state index is 0.156. The maximum Gasteiger partial charge on any atom is 0.282 e. The van der Waals surface area contributed by atoms with Crippen LogP contribution >= 0.6 is 11.3 Å². The van der Waals surface area contributed by atoms with E-state index in [9.17, 15) is 4.79 Å². The maximum absolute atomic E-state index is 11.6. The van der Waals surface area contributed by atoms with Gasteiger partial charge in [-0.1, -0.05) is 24.2 Å². The Balaban J connectivity index is 1.81. The molecule has 0 aliphatic heterocycles. The molecule has 1 amide bonds. The molecule has 1 aliphatic rings. The molecule has 1 aliphatic carbocycles. The van der Waals surface area contributed by atoms with Crippen molar-refractivity contribution in [3.05, 3.63) is 5.01 Å². The van der Waals surface area contributed by atoms with E-state index in [1.54, 1.807) is 0 Å². The Labute approximate surface area is 92.1 Å². The molecule has 0 atom stereocenters. The SMILES string of the molecule is Nc1nnc(C(=O)NCC2CCCC2)s1. The summed E-state index contributed by atoms with van der Waals surface area (Å²) >= 11 is 1.12. The monoisotopic (exact) mass is 226 g/mol. The van der Waals surface area contributed by atoms with Crippen LogP contribution in [0.2, 0.25) is 0 Å². The Morgan fingerprint density at radius 1 is 1.47 bits per heavy atom. The molecule has 0 aromatic carbocycles. The lowest BCUT2D eigenvalue weighted by Gasteiger charge is -2.08. The molecule has 1 aromatic heterocycles. The number of rotatable bonds is 3. The number of hydrogen-bond donors (Lipinski definition) is 2. The Kier molecular flexibility index (Phi) is 3.15. The number of hydrogen-bond acceptors (Lipinski definition) is 5. The summed E-state index contributed by atoms with van der Waals surface area (Å²) in [5.74, 6) is 0.482. The average molecular weight is 226 g/mol. The van der Waals surface area contributed by atoms with E-state index in [0.717, 1.165) is 17.9 Å². The maximum atomic E-state index is 11.6. The molecule has 0 saturated heterocycles. The van der Waals surface area contributed by atoms with Crippen molar-refractivity contribution in [2.75, 3.05) is 12.3 Å². The summed E-state index contributed by atoms with van der Waals surface area (Å²) in [5.41, 5.74) is 5.40. The van der Waals surface area contributed by atoms with Crippen LogP contribution in [0.25, 0.3) is 0 Å². The van der Waals surface area contributed by atoms with Gasteiger partial charge in [0, 0.05) is 6.54 Å². The molecular formula is C9H14N4OS. The first-order chi connectivity index (χ1) is 7.25. The molecule has 0 unspecified atom stereocenters. The number of nitrogens with one attached hydrogen (secondary N) is 1. The normalized spacial score (nSPS) is 16.8. The lowest BCUT2D eigenvalue weighted by Crippen LogP contribution is -2.28. The third kappa shape index (κ3) is 2.65. The van der Waals surface area contributed by atoms with Crippen LogP contribution in [0.1, 0.15) is 35.5 Å². The minimum Gasteiger partial charge on any atom is -0.374 e. The second kappa shape index (κ2) is 4.57. The molecule has 1 fully saturated rings. The molecule has 1 heterocycles. The molecule has 0 spiro atoms. The van der Waals surface area contributed by atoms with Gasteiger partial charge in [-0.2, -0.15) is 0 Å². The predicted octanol–water partition coefficient (Wildman–Crippen LogP) is 1.04. The van der Waals surface area contributed by atoms with E-state index >= 15 is 0 Å². The lowest BCUT2D eigenvalue weighted by atomic mass is 10.1. The molecular weight excluding hydrogens is 212 g/mol. The lowest BCUT2D eigenvalue weighted by molar-refractivity contribution is 0.0946. The molecule has 1 aromatic rings. The Morgan fingerprint density at radius 2 is 2.20 bits per heavy atom. The fourth-order valence-electron chi connectivity index (χ4n) is 1.85. The first-order valence-electron chi connectivity index (χ1n) is 5.13. The fourth-order valence-corrected chi connectivity index (χ4v) is 2.38. The zero-order valence-electron chi connectivity index (χ0n) is 8.40. The van der Waals surface area contributed by atoms with E-state index in [4.69, 9.17) is 5.73 Å². The highest BCUT2D eigenvalue weighted by Gasteiger charge is 2.17. The number of nitrogens with two attached hydrogens (primary N) is 1. The quantitative estimate of drug-likeness (QED) is 0.807. The van der Waals surface area contributed by atoms with E-state index < -0.39 is 0 Å². The van der Waals surface area contributed by atoms with Crippen LogP contribution in [-0.2, 0) is 0 Å². The van der Waals surface area contributed by atoms with Gasteiger partial charge in [0.25, 0.3) is 5.91 Å². The predicted molar refractivity (Wildman–Crippen MR) is 58.6 cm³/mol. The van der Waals surface area contributed by atoms with Gasteiger partial charge in [-0.15, -0.1) is 10.2 Å². The highest BCUT2D eigenvalue weighted by Crippen LogP contribution is 2.23. The van der Waals surface area contributed by atoms with E-state index in [2.05, 4.69) is 15.5 Å². The van der Waals surface area contributed by atoms with E-state index in [-0.39, 0.29) is 5.91 Å². The topological polar surface area (TPSA) is 80.9 Å². The summed E-state index contributed by atoms with van der Waals surface area (Å²) in [6.45, 7) is 0.748. The van der Waals surface area contributed by atoms with E-state index in [0.29, 0.717) is 16.1 Å². The third-order valence-corrected chi connectivity index (χ3v) is 3.41. The van der Waals surface area contributed by atoms with Crippen molar-refractivity contribution in [3.63, 3.8) is 0 Å². The largest absolute Gasteiger partial charge is 0.374 e. The van der Waals surface area contributed by atoms with Crippen molar-refractivity contribution in [2.45, 2.75) is 25.7 Å². The second-order valence-electron chi connectivity index (χ2n) is 3.81. The van der Waals surface area contributed by atoms with Crippen molar-refractivity contribution in [3.8, 4) is 0 Å². The summed E-state index contributed by atoms with van der Waals surface area (Å²) in [5, 5.41) is 10.8. The summed E-state index contributed by atoms with van der Waals surface area (Å²) in [6.07, 6.45) is 5.01. The number of amides is 1. The molecule has 1 saturated carbocycles. The van der Waals surface area contributed by atoms with Crippen LogP contribution in [0, 0.1) is 5.92 Å². The number of carbonyl (C=O) groups excluding carboxylic acids is 1. The number of nitrogens with zero attached hydrogens (tertiary/aromatic N) is 2. The highest BCUT2D eigenvalue weighted by molar-refractivity contribution is 7.16. The summed E-state index contributed by atoms with van der Waals surface area (Å²) in [4.78, 5) is 11.6. The van der Waals surface area contributed by atoms with Gasteiger partial charge in [0.1, 0.15) is 0 Å². The van der Waals surface area contributed by atoms with Crippen LogP contribution in [0.3, 0.4) is 0 Å². The van der Waals surface area contributed by atoms with Crippen LogP contribution < -0.4 is 11.1 Å². The molecule has 15 heavy (non-hydrogen) atoms.